The average molecular weight is 265 g/mol. The fourth-order valence-electron chi connectivity index (χ4n) is 2.14. The molecule has 0 unspecified atom stereocenters. The van der Waals surface area contributed by atoms with Gasteiger partial charge in [0.2, 0.25) is 0 Å². The van der Waals surface area contributed by atoms with Crippen molar-refractivity contribution in [2.24, 2.45) is 15.4 Å². The van der Waals surface area contributed by atoms with Crippen LogP contribution in [0.2, 0.25) is 0 Å². The van der Waals surface area contributed by atoms with Gasteiger partial charge in [-0.2, -0.15) is 5.11 Å². The standard InChI is InChI=1S/C17H19N3/c1-4-14-9-11-15(12-10-14)17-8-6-5-7-16(17)13(2)19-20-18-3/h5-12H,4H2,1-3H3/b19-13+,20-18?. The zero-order valence-electron chi connectivity index (χ0n) is 12.2. The summed E-state index contributed by atoms with van der Waals surface area (Å²) in [6, 6.07) is 16.9. The molecule has 0 saturated heterocycles. The molecule has 0 atom stereocenters. The molecule has 0 amide bonds. The van der Waals surface area contributed by atoms with E-state index in [0.29, 0.717) is 0 Å². The van der Waals surface area contributed by atoms with Crippen LogP contribution in [0.3, 0.4) is 0 Å². The molecule has 3 heteroatoms. The molecule has 0 bridgehead atoms. The number of hydrogen-bond donors (Lipinski definition) is 0. The van der Waals surface area contributed by atoms with Gasteiger partial charge in [-0.05, 0) is 35.3 Å². The van der Waals surface area contributed by atoms with E-state index in [-0.39, 0.29) is 0 Å². The minimum Gasteiger partial charge on any atom is -0.172 e. The number of aryl methyl sites for hydroxylation is 1. The molecule has 0 N–H and O–H groups in total. The van der Waals surface area contributed by atoms with Crippen LogP contribution in [-0.4, -0.2) is 12.8 Å². The van der Waals surface area contributed by atoms with E-state index in [4.69, 9.17) is 0 Å². The third-order valence-corrected chi connectivity index (χ3v) is 3.27. The Morgan fingerprint density at radius 1 is 1.00 bits per heavy atom. The highest BCUT2D eigenvalue weighted by atomic mass is 15.4. The lowest BCUT2D eigenvalue weighted by Gasteiger charge is -2.09. The second-order valence-corrected chi connectivity index (χ2v) is 4.57. The zero-order valence-corrected chi connectivity index (χ0v) is 12.2. The van der Waals surface area contributed by atoms with Gasteiger partial charge in [-0.1, -0.05) is 55.5 Å². The number of nitrogens with zero attached hydrogens (tertiary/aromatic N) is 3. The molecule has 20 heavy (non-hydrogen) atoms. The monoisotopic (exact) mass is 265 g/mol. The van der Waals surface area contributed by atoms with Crippen molar-refractivity contribution in [2.75, 3.05) is 7.05 Å². The SMILES string of the molecule is CCc1ccc(-c2ccccc2/C(C)=N/N=NC)cc1. The Morgan fingerprint density at radius 3 is 2.35 bits per heavy atom. The first-order valence-electron chi connectivity index (χ1n) is 6.78. The normalized spacial score (nSPS) is 12.1. The summed E-state index contributed by atoms with van der Waals surface area (Å²) in [5.74, 6) is 0. The Morgan fingerprint density at radius 2 is 1.70 bits per heavy atom. The molecule has 0 spiro atoms. The summed E-state index contributed by atoms with van der Waals surface area (Å²) in [4.78, 5) is 0. The molecular weight excluding hydrogens is 246 g/mol. The van der Waals surface area contributed by atoms with Crippen LogP contribution < -0.4 is 0 Å². The third kappa shape index (κ3) is 3.18. The number of hydrogen-bond acceptors (Lipinski definition) is 2. The summed E-state index contributed by atoms with van der Waals surface area (Å²) in [5.41, 5.74) is 5.66. The van der Waals surface area contributed by atoms with Crippen molar-refractivity contribution >= 4 is 5.71 Å². The molecule has 102 valence electrons. The summed E-state index contributed by atoms with van der Waals surface area (Å²) in [7, 11) is 1.62. The first kappa shape index (κ1) is 14.1. The predicted molar refractivity (Wildman–Crippen MR) is 84.2 cm³/mol. The van der Waals surface area contributed by atoms with Gasteiger partial charge in [0.15, 0.2) is 0 Å². The largest absolute Gasteiger partial charge is 0.172 e. The highest BCUT2D eigenvalue weighted by Crippen LogP contribution is 2.25. The van der Waals surface area contributed by atoms with Gasteiger partial charge in [0.1, 0.15) is 0 Å². The lowest BCUT2D eigenvalue weighted by atomic mass is 9.96. The molecule has 0 aliphatic rings. The van der Waals surface area contributed by atoms with E-state index in [1.54, 1.807) is 7.05 Å². The minimum atomic E-state index is 0.866. The van der Waals surface area contributed by atoms with Crippen LogP contribution in [0.5, 0.6) is 0 Å². The van der Waals surface area contributed by atoms with Gasteiger partial charge < -0.3 is 0 Å². The maximum atomic E-state index is 4.11. The van der Waals surface area contributed by atoms with E-state index >= 15 is 0 Å². The molecular formula is C17H19N3. The molecule has 0 aliphatic heterocycles. The Bertz CT molecular complexity index is 625. The van der Waals surface area contributed by atoms with Crippen molar-refractivity contribution in [1.29, 1.82) is 0 Å². The van der Waals surface area contributed by atoms with Gasteiger partial charge in [0.25, 0.3) is 0 Å². The first-order chi connectivity index (χ1) is 9.76. The van der Waals surface area contributed by atoms with Crippen LogP contribution in [0.15, 0.2) is 64.0 Å². The van der Waals surface area contributed by atoms with Gasteiger partial charge in [0, 0.05) is 5.56 Å². The fourth-order valence-corrected chi connectivity index (χ4v) is 2.14. The van der Waals surface area contributed by atoms with E-state index in [9.17, 15) is 0 Å². The lowest BCUT2D eigenvalue weighted by Crippen LogP contribution is -1.97. The van der Waals surface area contributed by atoms with Crippen molar-refractivity contribution in [2.45, 2.75) is 20.3 Å². The van der Waals surface area contributed by atoms with E-state index in [1.165, 1.54) is 16.7 Å². The maximum absolute atomic E-state index is 4.11. The van der Waals surface area contributed by atoms with Crippen molar-refractivity contribution in [3.63, 3.8) is 0 Å². The Hall–Kier alpha value is -2.29. The molecule has 0 aliphatic carbocycles. The lowest BCUT2D eigenvalue weighted by molar-refractivity contribution is 1.02. The molecule has 2 aromatic rings. The van der Waals surface area contributed by atoms with E-state index in [0.717, 1.165) is 17.7 Å². The Balaban J connectivity index is 2.46. The van der Waals surface area contributed by atoms with Gasteiger partial charge >= 0.3 is 0 Å². The van der Waals surface area contributed by atoms with E-state index < -0.39 is 0 Å². The Labute approximate surface area is 120 Å². The summed E-state index contributed by atoms with van der Waals surface area (Å²) in [5, 5.41) is 11.5. The molecule has 2 rings (SSSR count). The van der Waals surface area contributed by atoms with Gasteiger partial charge in [0.05, 0.1) is 12.8 Å². The molecule has 3 nitrogen and oxygen atoms in total. The molecule has 2 aromatic carbocycles. The highest BCUT2D eigenvalue weighted by Gasteiger charge is 2.07. The summed E-state index contributed by atoms with van der Waals surface area (Å²) in [6.07, 6.45) is 1.05. The quantitative estimate of drug-likeness (QED) is 0.436. The van der Waals surface area contributed by atoms with Crippen LogP contribution in [0.4, 0.5) is 0 Å². The van der Waals surface area contributed by atoms with Crippen molar-refractivity contribution in [3.05, 3.63) is 59.7 Å². The highest BCUT2D eigenvalue weighted by molar-refractivity contribution is 6.04. The summed E-state index contributed by atoms with van der Waals surface area (Å²) in [6.45, 7) is 4.11. The Kier molecular flexibility index (Phi) is 4.77. The van der Waals surface area contributed by atoms with Crippen molar-refractivity contribution in [3.8, 4) is 11.1 Å². The number of benzene rings is 2. The smallest absolute Gasteiger partial charge is 0.0696 e. The average Bonchev–Trinajstić information content (AvgIpc) is 2.52. The van der Waals surface area contributed by atoms with Gasteiger partial charge in [-0.15, -0.1) is 5.10 Å². The summed E-state index contributed by atoms with van der Waals surface area (Å²) >= 11 is 0. The first-order valence-corrected chi connectivity index (χ1v) is 6.78. The van der Waals surface area contributed by atoms with Crippen LogP contribution in [-0.2, 0) is 6.42 Å². The van der Waals surface area contributed by atoms with Gasteiger partial charge in [-0.25, -0.2) is 0 Å². The van der Waals surface area contributed by atoms with Gasteiger partial charge in [-0.3, -0.25) is 0 Å². The van der Waals surface area contributed by atoms with E-state index in [1.807, 2.05) is 19.1 Å². The zero-order chi connectivity index (χ0) is 14.4. The second kappa shape index (κ2) is 6.75. The van der Waals surface area contributed by atoms with Crippen LogP contribution in [0.25, 0.3) is 11.1 Å². The molecule has 0 heterocycles. The van der Waals surface area contributed by atoms with Crippen LogP contribution in [0.1, 0.15) is 25.0 Å². The fraction of sp³-hybridized carbons (Fsp3) is 0.235. The van der Waals surface area contributed by atoms with Crippen LogP contribution in [0, 0.1) is 0 Å². The van der Waals surface area contributed by atoms with Crippen molar-refractivity contribution in [1.82, 2.24) is 0 Å². The maximum Gasteiger partial charge on any atom is 0.0696 e. The topological polar surface area (TPSA) is 37.1 Å². The minimum absolute atomic E-state index is 0.866. The summed E-state index contributed by atoms with van der Waals surface area (Å²) < 4.78 is 0. The van der Waals surface area contributed by atoms with E-state index in [2.05, 4.69) is 58.8 Å². The second-order valence-electron chi connectivity index (χ2n) is 4.57. The predicted octanol–water partition coefficient (Wildman–Crippen LogP) is 4.72. The van der Waals surface area contributed by atoms with Crippen molar-refractivity contribution < 1.29 is 0 Å². The third-order valence-electron chi connectivity index (χ3n) is 3.27. The van der Waals surface area contributed by atoms with Crippen LogP contribution >= 0.6 is 0 Å². The number of rotatable bonds is 4. The molecule has 0 aromatic heterocycles. The molecule has 0 fully saturated rings. The molecule has 0 radical (unpaired) electrons. The molecule has 0 saturated carbocycles.